The van der Waals surface area contributed by atoms with Gasteiger partial charge in [0.05, 0.1) is 10.9 Å². The van der Waals surface area contributed by atoms with Crippen LogP contribution in [0.25, 0.3) is 0 Å². The lowest BCUT2D eigenvalue weighted by atomic mass is 10.2. The molecule has 0 atom stereocenters. The first-order chi connectivity index (χ1) is 7.79. The van der Waals surface area contributed by atoms with Crippen LogP contribution in [0.3, 0.4) is 0 Å². The third kappa shape index (κ3) is 2.76. The van der Waals surface area contributed by atoms with Crippen molar-refractivity contribution in [3.63, 3.8) is 0 Å². The largest absolute Gasteiger partial charge is 0.488 e. The van der Waals surface area contributed by atoms with Gasteiger partial charge in [-0.25, -0.2) is 0 Å². The lowest BCUT2D eigenvalue weighted by Crippen LogP contribution is -1.96. The molecule has 0 aliphatic heterocycles. The SMILES string of the molecule is OCc1ccccc1OCc1ccc(Cl)s1. The number of ether oxygens (including phenoxy) is 1. The van der Waals surface area contributed by atoms with Crippen molar-refractivity contribution < 1.29 is 9.84 Å². The van der Waals surface area contributed by atoms with E-state index < -0.39 is 0 Å². The highest BCUT2D eigenvalue weighted by Crippen LogP contribution is 2.24. The summed E-state index contributed by atoms with van der Waals surface area (Å²) in [6.45, 7) is 0.468. The molecule has 0 aliphatic rings. The number of thiophene rings is 1. The van der Waals surface area contributed by atoms with E-state index in [-0.39, 0.29) is 6.61 Å². The molecule has 0 fully saturated rings. The molecule has 0 aliphatic carbocycles. The third-order valence-electron chi connectivity index (χ3n) is 2.14. The van der Waals surface area contributed by atoms with E-state index in [2.05, 4.69) is 0 Å². The minimum absolute atomic E-state index is 0.0125. The van der Waals surface area contributed by atoms with Gasteiger partial charge in [-0.15, -0.1) is 11.3 Å². The molecule has 0 saturated carbocycles. The predicted molar refractivity (Wildman–Crippen MR) is 66.0 cm³/mol. The van der Waals surface area contributed by atoms with Crippen LogP contribution in [0.15, 0.2) is 36.4 Å². The molecule has 1 N–H and O–H groups in total. The monoisotopic (exact) mass is 254 g/mol. The summed E-state index contributed by atoms with van der Waals surface area (Å²) in [6, 6.07) is 11.2. The molecular weight excluding hydrogens is 244 g/mol. The molecule has 4 heteroatoms. The van der Waals surface area contributed by atoms with Gasteiger partial charge < -0.3 is 9.84 Å². The number of aliphatic hydroxyl groups excluding tert-OH is 1. The lowest BCUT2D eigenvalue weighted by Gasteiger charge is -2.08. The Morgan fingerprint density at radius 2 is 2.00 bits per heavy atom. The minimum Gasteiger partial charge on any atom is -0.488 e. The number of rotatable bonds is 4. The maximum absolute atomic E-state index is 9.12. The van der Waals surface area contributed by atoms with Gasteiger partial charge in [0.15, 0.2) is 0 Å². The molecular formula is C12H11ClO2S. The fraction of sp³-hybridized carbons (Fsp3) is 0.167. The first-order valence-electron chi connectivity index (χ1n) is 4.85. The molecule has 1 heterocycles. The molecule has 0 bridgehead atoms. The van der Waals surface area contributed by atoms with Crippen molar-refractivity contribution in [2.24, 2.45) is 0 Å². The van der Waals surface area contributed by atoms with E-state index in [0.717, 1.165) is 20.5 Å². The second kappa shape index (κ2) is 5.34. The molecule has 16 heavy (non-hydrogen) atoms. The van der Waals surface area contributed by atoms with Crippen LogP contribution in [0, 0.1) is 0 Å². The van der Waals surface area contributed by atoms with Gasteiger partial charge >= 0.3 is 0 Å². The van der Waals surface area contributed by atoms with Crippen LogP contribution in [0.5, 0.6) is 5.75 Å². The summed E-state index contributed by atoms with van der Waals surface area (Å²) in [5, 5.41) is 9.12. The van der Waals surface area contributed by atoms with E-state index in [0.29, 0.717) is 6.61 Å². The van der Waals surface area contributed by atoms with Crippen LogP contribution in [-0.2, 0) is 13.2 Å². The second-order valence-electron chi connectivity index (χ2n) is 3.26. The Morgan fingerprint density at radius 3 is 2.69 bits per heavy atom. The van der Waals surface area contributed by atoms with Gasteiger partial charge in [0.2, 0.25) is 0 Å². The number of para-hydroxylation sites is 1. The van der Waals surface area contributed by atoms with Gasteiger partial charge in [0.25, 0.3) is 0 Å². The van der Waals surface area contributed by atoms with E-state index in [9.17, 15) is 0 Å². The Bertz CT molecular complexity index is 468. The van der Waals surface area contributed by atoms with Crippen molar-refractivity contribution in [3.8, 4) is 5.75 Å². The first kappa shape index (κ1) is 11.5. The Kier molecular flexibility index (Phi) is 3.83. The quantitative estimate of drug-likeness (QED) is 0.905. The van der Waals surface area contributed by atoms with Crippen LogP contribution < -0.4 is 4.74 Å². The fourth-order valence-electron chi connectivity index (χ4n) is 1.35. The standard InChI is InChI=1S/C12H11ClO2S/c13-12-6-5-10(16-12)8-15-11-4-2-1-3-9(11)7-14/h1-6,14H,7-8H2. The summed E-state index contributed by atoms with van der Waals surface area (Å²) in [4.78, 5) is 1.07. The maximum Gasteiger partial charge on any atom is 0.125 e. The molecule has 2 nitrogen and oxygen atoms in total. The number of hydrogen-bond donors (Lipinski definition) is 1. The van der Waals surface area contributed by atoms with E-state index >= 15 is 0 Å². The number of aliphatic hydroxyl groups is 1. The van der Waals surface area contributed by atoms with Crippen molar-refractivity contribution in [2.75, 3.05) is 0 Å². The van der Waals surface area contributed by atoms with E-state index in [4.69, 9.17) is 21.4 Å². The van der Waals surface area contributed by atoms with Crippen LogP contribution >= 0.6 is 22.9 Å². The number of benzene rings is 1. The predicted octanol–water partition coefficient (Wildman–Crippen LogP) is 3.47. The van der Waals surface area contributed by atoms with Gasteiger partial charge in [-0.3, -0.25) is 0 Å². The summed E-state index contributed by atoms with van der Waals surface area (Å²) in [5.74, 6) is 0.717. The molecule has 1 aromatic heterocycles. The summed E-state index contributed by atoms with van der Waals surface area (Å²) in [7, 11) is 0. The smallest absolute Gasteiger partial charge is 0.125 e. The van der Waals surface area contributed by atoms with Crippen molar-refractivity contribution in [2.45, 2.75) is 13.2 Å². The second-order valence-corrected chi connectivity index (χ2v) is 5.06. The molecule has 0 spiro atoms. The summed E-state index contributed by atoms with van der Waals surface area (Å²) in [6.07, 6.45) is 0. The zero-order chi connectivity index (χ0) is 11.4. The maximum atomic E-state index is 9.12. The first-order valence-corrected chi connectivity index (χ1v) is 6.05. The van der Waals surface area contributed by atoms with Crippen LogP contribution in [0.4, 0.5) is 0 Å². The zero-order valence-corrected chi connectivity index (χ0v) is 10.1. The molecule has 0 unspecified atom stereocenters. The van der Waals surface area contributed by atoms with E-state index in [1.54, 1.807) is 0 Å². The van der Waals surface area contributed by atoms with E-state index in [1.165, 1.54) is 11.3 Å². The molecule has 0 radical (unpaired) electrons. The molecule has 0 amide bonds. The Balaban J connectivity index is 2.04. The van der Waals surface area contributed by atoms with Crippen molar-refractivity contribution in [1.29, 1.82) is 0 Å². The van der Waals surface area contributed by atoms with Crippen LogP contribution in [0.1, 0.15) is 10.4 Å². The van der Waals surface area contributed by atoms with Gasteiger partial charge in [-0.2, -0.15) is 0 Å². The molecule has 84 valence electrons. The molecule has 2 aromatic rings. The highest BCUT2D eigenvalue weighted by molar-refractivity contribution is 7.16. The summed E-state index contributed by atoms with van der Waals surface area (Å²) in [5.41, 5.74) is 0.796. The van der Waals surface area contributed by atoms with Gasteiger partial charge in [0, 0.05) is 10.4 Å². The lowest BCUT2D eigenvalue weighted by molar-refractivity contribution is 0.260. The Labute approximate surface area is 103 Å². The summed E-state index contributed by atoms with van der Waals surface area (Å²) < 4.78 is 6.38. The number of hydrogen-bond acceptors (Lipinski definition) is 3. The van der Waals surface area contributed by atoms with Gasteiger partial charge in [0.1, 0.15) is 12.4 Å². The highest BCUT2D eigenvalue weighted by atomic mass is 35.5. The highest BCUT2D eigenvalue weighted by Gasteiger charge is 2.03. The van der Waals surface area contributed by atoms with Crippen LogP contribution in [-0.4, -0.2) is 5.11 Å². The third-order valence-corrected chi connectivity index (χ3v) is 3.35. The zero-order valence-electron chi connectivity index (χ0n) is 8.52. The topological polar surface area (TPSA) is 29.5 Å². The van der Waals surface area contributed by atoms with E-state index in [1.807, 2.05) is 36.4 Å². The number of halogens is 1. The minimum atomic E-state index is -0.0125. The molecule has 2 rings (SSSR count). The Hall–Kier alpha value is -1.03. The Morgan fingerprint density at radius 1 is 1.19 bits per heavy atom. The fourth-order valence-corrected chi connectivity index (χ4v) is 2.35. The van der Waals surface area contributed by atoms with Gasteiger partial charge in [-0.1, -0.05) is 29.8 Å². The summed E-state index contributed by atoms with van der Waals surface area (Å²) >= 11 is 7.32. The average molecular weight is 255 g/mol. The molecule has 0 saturated heterocycles. The van der Waals surface area contributed by atoms with Gasteiger partial charge in [-0.05, 0) is 18.2 Å². The van der Waals surface area contributed by atoms with Crippen molar-refractivity contribution in [1.82, 2.24) is 0 Å². The van der Waals surface area contributed by atoms with Crippen molar-refractivity contribution in [3.05, 3.63) is 51.2 Å². The average Bonchev–Trinajstić information content (AvgIpc) is 2.73. The molecule has 1 aromatic carbocycles. The normalized spacial score (nSPS) is 10.4. The van der Waals surface area contributed by atoms with Crippen LogP contribution in [0.2, 0.25) is 4.34 Å². The van der Waals surface area contributed by atoms with Crippen molar-refractivity contribution >= 4 is 22.9 Å².